The third kappa shape index (κ3) is 4.38. The molecule has 0 saturated carbocycles. The van der Waals surface area contributed by atoms with Crippen molar-refractivity contribution in [2.24, 2.45) is 0 Å². The van der Waals surface area contributed by atoms with Gasteiger partial charge in [0.1, 0.15) is 0 Å². The van der Waals surface area contributed by atoms with Gasteiger partial charge in [0.15, 0.2) is 17.5 Å². The van der Waals surface area contributed by atoms with E-state index in [9.17, 15) is 0 Å². The van der Waals surface area contributed by atoms with Crippen LogP contribution in [0, 0.1) is 0 Å². The van der Waals surface area contributed by atoms with E-state index in [0.29, 0.717) is 17.5 Å². The molecule has 0 aliphatic heterocycles. The lowest BCUT2D eigenvalue weighted by atomic mass is 9.95. The predicted octanol–water partition coefficient (Wildman–Crippen LogP) is 11.2. The molecule has 9 aromatic rings. The van der Waals surface area contributed by atoms with Crippen LogP contribution in [0.5, 0.6) is 0 Å². The highest BCUT2D eigenvalue weighted by Gasteiger charge is 2.18. The lowest BCUT2D eigenvalue weighted by molar-refractivity contribution is 1.08. The predicted molar refractivity (Wildman–Crippen MR) is 189 cm³/mol. The average molecular weight is 592 g/mol. The quantitative estimate of drug-likeness (QED) is 0.191. The highest BCUT2D eigenvalue weighted by Crippen LogP contribution is 2.44. The van der Waals surface area contributed by atoms with Gasteiger partial charge in [0.05, 0.1) is 0 Å². The Morgan fingerprint density at radius 2 is 0.978 bits per heavy atom. The summed E-state index contributed by atoms with van der Waals surface area (Å²) in [6, 6.07) is 53.3. The van der Waals surface area contributed by atoms with E-state index in [1.807, 2.05) is 60.7 Å². The minimum absolute atomic E-state index is 0.668. The van der Waals surface area contributed by atoms with Gasteiger partial charge in [-0.25, -0.2) is 15.0 Å². The van der Waals surface area contributed by atoms with E-state index in [1.54, 1.807) is 11.3 Å². The molecule has 0 radical (unpaired) electrons. The summed E-state index contributed by atoms with van der Waals surface area (Å²) in [5, 5.41) is 7.55. The molecule has 2 heterocycles. The lowest BCUT2D eigenvalue weighted by Crippen LogP contribution is -2.00. The van der Waals surface area contributed by atoms with Crippen LogP contribution in [0.15, 0.2) is 152 Å². The average Bonchev–Trinajstić information content (AvgIpc) is 3.51. The van der Waals surface area contributed by atoms with Crippen LogP contribution in [0.4, 0.5) is 0 Å². The summed E-state index contributed by atoms with van der Waals surface area (Å²) in [4.78, 5) is 15.0. The SMILES string of the molecule is c1ccc(-c2nc(-c3ccccc3)nc(-c3cccc4c3sc3cccc(-c5ccc6c(ccc7ccccc76)c5)c34)n2)cc1. The standard InChI is InChI=1S/C41H25N3S/c1-3-12-27(13-4-1)39-42-40(28-14-5-2-6-15-28)44-41(43-39)35-19-9-18-34-37-33(17-10-20-36(37)45-38(34)35)30-23-24-32-29(25-30)22-21-26-11-7-8-16-31(26)32/h1-25H. The molecule has 0 bridgehead atoms. The van der Waals surface area contributed by atoms with Crippen LogP contribution in [0.2, 0.25) is 0 Å². The second-order valence-electron chi connectivity index (χ2n) is 11.2. The van der Waals surface area contributed by atoms with Gasteiger partial charge in [0, 0.05) is 36.9 Å². The fraction of sp³-hybridized carbons (Fsp3) is 0. The summed E-state index contributed by atoms with van der Waals surface area (Å²) in [6.07, 6.45) is 0. The molecule has 0 unspecified atom stereocenters. The first-order valence-corrected chi connectivity index (χ1v) is 15.9. The Kier molecular flexibility index (Phi) is 6.00. The largest absolute Gasteiger partial charge is 0.208 e. The summed E-state index contributed by atoms with van der Waals surface area (Å²) in [5.41, 5.74) is 5.39. The number of rotatable bonds is 4. The molecule has 0 aliphatic carbocycles. The number of nitrogens with zero attached hydrogens (tertiary/aromatic N) is 3. The molecule has 0 amide bonds. The molecule has 210 valence electrons. The number of fused-ring (bicyclic) bond motifs is 6. The van der Waals surface area contributed by atoms with E-state index in [-0.39, 0.29) is 0 Å². The maximum atomic E-state index is 5.04. The maximum absolute atomic E-state index is 5.04. The Labute approximate surface area is 264 Å². The first kappa shape index (κ1) is 25.8. The second kappa shape index (κ2) is 10.5. The molecule has 3 nitrogen and oxygen atoms in total. The first-order chi connectivity index (χ1) is 22.3. The molecule has 4 heteroatoms. The summed E-state index contributed by atoms with van der Waals surface area (Å²) in [7, 11) is 0. The number of thiophene rings is 1. The van der Waals surface area contributed by atoms with Gasteiger partial charge in [-0.15, -0.1) is 11.3 Å². The Morgan fingerprint density at radius 3 is 1.76 bits per heavy atom. The Balaban J connectivity index is 1.25. The van der Waals surface area contributed by atoms with Gasteiger partial charge in [-0.1, -0.05) is 133 Å². The molecule has 0 aliphatic rings. The van der Waals surface area contributed by atoms with Crippen molar-refractivity contribution < 1.29 is 0 Å². The molecule has 2 aromatic heterocycles. The molecule has 0 saturated heterocycles. The van der Waals surface area contributed by atoms with E-state index in [1.165, 1.54) is 52.8 Å². The molecule has 0 atom stereocenters. The fourth-order valence-electron chi connectivity index (χ4n) is 6.37. The van der Waals surface area contributed by atoms with Crippen molar-refractivity contribution in [3.05, 3.63) is 152 Å². The molecule has 0 N–H and O–H groups in total. The molecule has 45 heavy (non-hydrogen) atoms. The van der Waals surface area contributed by atoms with Crippen molar-refractivity contribution in [1.82, 2.24) is 15.0 Å². The highest BCUT2D eigenvalue weighted by molar-refractivity contribution is 7.26. The van der Waals surface area contributed by atoms with E-state index in [2.05, 4.69) is 91.0 Å². The normalized spacial score (nSPS) is 11.6. The van der Waals surface area contributed by atoms with Crippen LogP contribution in [0.25, 0.3) is 87.0 Å². The van der Waals surface area contributed by atoms with Gasteiger partial charge in [-0.05, 0) is 50.9 Å². The number of aromatic nitrogens is 3. The molecule has 0 spiro atoms. The third-order valence-electron chi connectivity index (χ3n) is 8.52. The minimum Gasteiger partial charge on any atom is -0.208 e. The third-order valence-corrected chi connectivity index (χ3v) is 9.72. The van der Waals surface area contributed by atoms with Gasteiger partial charge in [-0.2, -0.15) is 0 Å². The zero-order valence-electron chi connectivity index (χ0n) is 24.2. The van der Waals surface area contributed by atoms with Crippen LogP contribution in [0.3, 0.4) is 0 Å². The van der Waals surface area contributed by atoms with Crippen molar-refractivity contribution in [3.63, 3.8) is 0 Å². The minimum atomic E-state index is 0.668. The number of hydrogen-bond donors (Lipinski definition) is 0. The number of hydrogen-bond acceptors (Lipinski definition) is 4. The van der Waals surface area contributed by atoms with E-state index in [0.717, 1.165) is 16.7 Å². The highest BCUT2D eigenvalue weighted by atomic mass is 32.1. The van der Waals surface area contributed by atoms with Crippen molar-refractivity contribution >= 4 is 53.1 Å². The Bertz CT molecular complexity index is 2480. The van der Waals surface area contributed by atoms with Crippen molar-refractivity contribution in [2.45, 2.75) is 0 Å². The van der Waals surface area contributed by atoms with Crippen molar-refractivity contribution in [3.8, 4) is 45.3 Å². The van der Waals surface area contributed by atoms with Crippen LogP contribution >= 0.6 is 11.3 Å². The van der Waals surface area contributed by atoms with Gasteiger partial charge in [0.2, 0.25) is 0 Å². The Hall–Kier alpha value is -5.71. The molecule has 9 rings (SSSR count). The molecular weight excluding hydrogens is 567 g/mol. The van der Waals surface area contributed by atoms with E-state index in [4.69, 9.17) is 15.0 Å². The van der Waals surface area contributed by atoms with Gasteiger partial charge in [0.25, 0.3) is 0 Å². The van der Waals surface area contributed by atoms with Crippen LogP contribution in [-0.2, 0) is 0 Å². The second-order valence-corrected chi connectivity index (χ2v) is 12.3. The van der Waals surface area contributed by atoms with Crippen LogP contribution in [0.1, 0.15) is 0 Å². The summed E-state index contributed by atoms with van der Waals surface area (Å²) < 4.78 is 2.42. The van der Waals surface area contributed by atoms with Gasteiger partial charge < -0.3 is 0 Å². The lowest BCUT2D eigenvalue weighted by Gasteiger charge is -2.10. The Morgan fingerprint density at radius 1 is 0.378 bits per heavy atom. The van der Waals surface area contributed by atoms with Crippen LogP contribution in [-0.4, -0.2) is 15.0 Å². The molecule has 0 fully saturated rings. The van der Waals surface area contributed by atoms with Gasteiger partial charge >= 0.3 is 0 Å². The smallest absolute Gasteiger partial charge is 0.165 e. The fourth-order valence-corrected chi connectivity index (χ4v) is 7.61. The summed E-state index contributed by atoms with van der Waals surface area (Å²) in [5.74, 6) is 2.02. The van der Waals surface area contributed by atoms with E-state index >= 15 is 0 Å². The zero-order chi connectivity index (χ0) is 29.7. The van der Waals surface area contributed by atoms with Crippen molar-refractivity contribution in [1.29, 1.82) is 0 Å². The van der Waals surface area contributed by atoms with E-state index < -0.39 is 0 Å². The zero-order valence-corrected chi connectivity index (χ0v) is 25.0. The first-order valence-electron chi connectivity index (χ1n) is 15.0. The molecular formula is C41H25N3S. The monoisotopic (exact) mass is 591 g/mol. The summed E-state index contributed by atoms with van der Waals surface area (Å²) in [6.45, 7) is 0. The van der Waals surface area contributed by atoms with Crippen LogP contribution < -0.4 is 0 Å². The van der Waals surface area contributed by atoms with Crippen molar-refractivity contribution in [2.75, 3.05) is 0 Å². The van der Waals surface area contributed by atoms with Gasteiger partial charge in [-0.3, -0.25) is 0 Å². The summed E-state index contributed by atoms with van der Waals surface area (Å²) >= 11 is 1.80. The maximum Gasteiger partial charge on any atom is 0.165 e. The number of benzene rings is 7. The topological polar surface area (TPSA) is 38.7 Å². The molecule has 7 aromatic carbocycles.